The zero-order valence-corrected chi connectivity index (χ0v) is 23.0. The molecule has 2 aromatic carbocycles. The fourth-order valence-corrected chi connectivity index (χ4v) is 3.86. The predicted molar refractivity (Wildman–Crippen MR) is 149 cm³/mol. The fourth-order valence-electron chi connectivity index (χ4n) is 3.86. The van der Waals surface area contributed by atoms with Crippen molar-refractivity contribution in [2.75, 3.05) is 37.9 Å². The Morgan fingerprint density at radius 2 is 1.74 bits per heavy atom. The number of fused-ring (bicyclic) bond motifs is 1. The first-order valence-corrected chi connectivity index (χ1v) is 12.4. The van der Waals surface area contributed by atoms with Crippen LogP contribution in [-0.4, -0.2) is 78.2 Å². The molecule has 3 rings (SSSR count). The number of benzene rings is 2. The van der Waals surface area contributed by atoms with Gasteiger partial charge in [0.1, 0.15) is 17.3 Å². The second-order valence-electron chi connectivity index (χ2n) is 10.5. The third-order valence-corrected chi connectivity index (χ3v) is 5.69. The Kier molecular flexibility index (Phi) is 8.97. The molecule has 1 aromatic heterocycles. The number of nitrogens with one attached hydrogen (secondary N) is 3. The largest absolute Gasteiger partial charge is 0.477 e. The van der Waals surface area contributed by atoms with E-state index >= 15 is 0 Å². The van der Waals surface area contributed by atoms with Gasteiger partial charge in [-0.05, 0) is 76.8 Å². The molecule has 208 valence electrons. The van der Waals surface area contributed by atoms with Crippen LogP contribution in [-0.2, 0) is 20.7 Å². The number of aromatic amines is 1. The summed E-state index contributed by atoms with van der Waals surface area (Å²) in [6, 6.07) is 12.6. The molecule has 0 saturated carbocycles. The molecular weight excluding hydrogens is 502 g/mol. The summed E-state index contributed by atoms with van der Waals surface area (Å²) in [4.78, 5) is 55.9. The number of hydrogen-bond donors (Lipinski definition) is 4. The van der Waals surface area contributed by atoms with Gasteiger partial charge in [-0.2, -0.15) is 0 Å². The van der Waals surface area contributed by atoms with Gasteiger partial charge in [-0.25, -0.2) is 9.59 Å². The number of carbonyl (C=O) groups excluding carboxylic acids is 3. The first-order chi connectivity index (χ1) is 18.2. The molecule has 0 spiro atoms. The van der Waals surface area contributed by atoms with Gasteiger partial charge in [-0.15, -0.1) is 0 Å². The van der Waals surface area contributed by atoms with Gasteiger partial charge in [-0.1, -0.05) is 12.1 Å². The predicted octanol–water partition coefficient (Wildman–Crippen LogP) is 3.47. The standard InChI is InChI=1S/C28H35N5O6/c1-28(2,3)39-27(38)31-22(13-17-8-7-9-20(12-17)33(6)24(34)16-32(4)5)25(35)29-19-10-11-21-18(14-19)15-23(30-21)26(36)37/h7-12,14-15,22,30H,13,16H2,1-6H3,(H,29,35)(H,31,38)(H,36,37)/t22-/m0/s1. The molecule has 39 heavy (non-hydrogen) atoms. The number of carboxylic acids is 1. The first-order valence-electron chi connectivity index (χ1n) is 12.4. The van der Waals surface area contributed by atoms with Crippen molar-refractivity contribution in [3.8, 4) is 0 Å². The van der Waals surface area contributed by atoms with Crippen LogP contribution in [0, 0.1) is 0 Å². The lowest BCUT2D eigenvalue weighted by molar-refractivity contribution is -0.119. The van der Waals surface area contributed by atoms with Crippen molar-refractivity contribution in [2.45, 2.75) is 38.8 Å². The average molecular weight is 538 g/mol. The number of ether oxygens (including phenoxy) is 1. The van der Waals surface area contributed by atoms with Gasteiger partial charge < -0.3 is 35.3 Å². The minimum absolute atomic E-state index is 0.0341. The van der Waals surface area contributed by atoms with E-state index in [0.717, 1.165) is 5.56 Å². The molecule has 1 heterocycles. The quantitative estimate of drug-likeness (QED) is 0.327. The fraction of sp³-hybridized carbons (Fsp3) is 0.357. The zero-order chi connectivity index (χ0) is 28.9. The second kappa shape index (κ2) is 12.0. The van der Waals surface area contributed by atoms with Crippen LogP contribution >= 0.6 is 0 Å². The molecule has 0 radical (unpaired) electrons. The van der Waals surface area contributed by atoms with Crippen molar-refractivity contribution < 1.29 is 29.0 Å². The number of anilines is 2. The van der Waals surface area contributed by atoms with E-state index in [0.29, 0.717) is 22.3 Å². The van der Waals surface area contributed by atoms with Crippen LogP contribution < -0.4 is 15.5 Å². The Morgan fingerprint density at radius 1 is 1.03 bits per heavy atom. The summed E-state index contributed by atoms with van der Waals surface area (Å²) in [6.45, 7) is 5.42. The Balaban J connectivity index is 1.83. The highest BCUT2D eigenvalue weighted by molar-refractivity contribution is 6.00. The molecule has 0 aliphatic rings. The summed E-state index contributed by atoms with van der Waals surface area (Å²) in [7, 11) is 5.31. The normalized spacial score (nSPS) is 12.2. The SMILES string of the molecule is CN(C)CC(=O)N(C)c1cccc(C[C@H](NC(=O)OC(C)(C)C)C(=O)Nc2ccc3[nH]c(C(=O)O)cc3c2)c1. The molecule has 1 atom stereocenters. The number of nitrogens with zero attached hydrogens (tertiary/aromatic N) is 2. The van der Waals surface area contributed by atoms with Crippen LogP contribution in [0.15, 0.2) is 48.5 Å². The van der Waals surface area contributed by atoms with Gasteiger partial charge in [0, 0.05) is 35.7 Å². The van der Waals surface area contributed by atoms with E-state index in [9.17, 15) is 24.3 Å². The van der Waals surface area contributed by atoms with Crippen LogP contribution in [0.2, 0.25) is 0 Å². The van der Waals surface area contributed by atoms with Crippen molar-refractivity contribution in [1.82, 2.24) is 15.2 Å². The van der Waals surface area contributed by atoms with E-state index in [1.165, 1.54) is 11.0 Å². The molecule has 0 fully saturated rings. The van der Waals surface area contributed by atoms with E-state index in [1.807, 2.05) is 20.2 Å². The summed E-state index contributed by atoms with van der Waals surface area (Å²) in [5.41, 5.74) is 1.69. The number of H-pyrrole nitrogens is 1. The van der Waals surface area contributed by atoms with Crippen LogP contribution in [0.25, 0.3) is 10.9 Å². The molecule has 4 N–H and O–H groups in total. The lowest BCUT2D eigenvalue weighted by Crippen LogP contribution is -2.47. The number of carbonyl (C=O) groups is 4. The van der Waals surface area contributed by atoms with Gasteiger partial charge in [-0.3, -0.25) is 9.59 Å². The highest BCUT2D eigenvalue weighted by Gasteiger charge is 2.25. The van der Waals surface area contributed by atoms with Gasteiger partial charge in [0.2, 0.25) is 11.8 Å². The number of alkyl carbamates (subject to hydrolysis) is 1. The van der Waals surface area contributed by atoms with E-state index < -0.39 is 29.6 Å². The van der Waals surface area contributed by atoms with Gasteiger partial charge >= 0.3 is 12.1 Å². The molecule has 0 saturated heterocycles. The molecule has 11 nitrogen and oxygen atoms in total. The number of amides is 3. The zero-order valence-electron chi connectivity index (χ0n) is 23.0. The maximum Gasteiger partial charge on any atom is 0.408 e. The molecular formula is C28H35N5O6. The maximum absolute atomic E-state index is 13.4. The Hall–Kier alpha value is -4.38. The number of rotatable bonds is 9. The van der Waals surface area contributed by atoms with Crippen LogP contribution in [0.5, 0.6) is 0 Å². The van der Waals surface area contributed by atoms with Gasteiger partial charge in [0.25, 0.3) is 0 Å². The number of aromatic carboxylic acids is 1. The number of carboxylic acid groups (broad SMARTS) is 1. The topological polar surface area (TPSA) is 144 Å². The molecule has 0 aliphatic carbocycles. The Morgan fingerprint density at radius 3 is 2.38 bits per heavy atom. The molecule has 0 aliphatic heterocycles. The van der Waals surface area contributed by atoms with Crippen molar-refractivity contribution in [2.24, 2.45) is 0 Å². The Bertz CT molecular complexity index is 1370. The van der Waals surface area contributed by atoms with Gasteiger partial charge in [0.05, 0.1) is 6.54 Å². The highest BCUT2D eigenvalue weighted by atomic mass is 16.6. The number of hydrogen-bond acceptors (Lipinski definition) is 6. The van der Waals surface area contributed by atoms with Crippen molar-refractivity contribution in [3.63, 3.8) is 0 Å². The van der Waals surface area contributed by atoms with E-state index in [1.54, 1.807) is 69.1 Å². The summed E-state index contributed by atoms with van der Waals surface area (Å²) >= 11 is 0. The second-order valence-corrected chi connectivity index (χ2v) is 10.5. The number of aromatic nitrogens is 1. The minimum atomic E-state index is -1.09. The molecule has 3 aromatic rings. The summed E-state index contributed by atoms with van der Waals surface area (Å²) in [6.07, 6.45) is -0.617. The number of likely N-dealkylation sites (N-methyl/N-ethyl adjacent to an activating group) is 2. The smallest absolute Gasteiger partial charge is 0.408 e. The Labute approximate surface area is 227 Å². The van der Waals surface area contributed by atoms with Crippen LogP contribution in [0.1, 0.15) is 36.8 Å². The monoisotopic (exact) mass is 537 g/mol. The lowest BCUT2D eigenvalue weighted by Gasteiger charge is -2.24. The third kappa shape index (κ3) is 8.30. The van der Waals surface area contributed by atoms with E-state index in [2.05, 4.69) is 15.6 Å². The third-order valence-electron chi connectivity index (χ3n) is 5.69. The summed E-state index contributed by atoms with van der Waals surface area (Å²) < 4.78 is 5.37. The van der Waals surface area contributed by atoms with Crippen LogP contribution in [0.3, 0.4) is 0 Å². The van der Waals surface area contributed by atoms with Crippen LogP contribution in [0.4, 0.5) is 16.2 Å². The summed E-state index contributed by atoms with van der Waals surface area (Å²) in [5.74, 6) is -1.67. The molecule has 0 unspecified atom stereocenters. The maximum atomic E-state index is 13.4. The van der Waals surface area contributed by atoms with Crippen molar-refractivity contribution in [3.05, 3.63) is 59.8 Å². The highest BCUT2D eigenvalue weighted by Crippen LogP contribution is 2.22. The molecule has 11 heteroatoms. The van der Waals surface area contributed by atoms with Crippen molar-refractivity contribution >= 4 is 46.2 Å². The van der Waals surface area contributed by atoms with Gasteiger partial charge in [0.15, 0.2) is 0 Å². The van der Waals surface area contributed by atoms with E-state index in [-0.39, 0.29) is 24.6 Å². The first kappa shape index (κ1) is 29.2. The molecule has 0 bridgehead atoms. The van der Waals surface area contributed by atoms with Crippen molar-refractivity contribution in [1.29, 1.82) is 0 Å². The summed E-state index contributed by atoms with van der Waals surface area (Å²) in [5, 5.41) is 15.3. The molecule has 3 amide bonds. The lowest BCUT2D eigenvalue weighted by atomic mass is 10.0. The minimum Gasteiger partial charge on any atom is -0.477 e. The average Bonchev–Trinajstić information content (AvgIpc) is 3.25. The van der Waals surface area contributed by atoms with E-state index in [4.69, 9.17) is 4.74 Å².